The number of hydrogen-bond acceptors (Lipinski definition) is 4. The Morgan fingerprint density at radius 2 is 1.59 bits per heavy atom. The van der Waals surface area contributed by atoms with Gasteiger partial charge in [-0.2, -0.15) is 16.8 Å². The van der Waals surface area contributed by atoms with Crippen molar-refractivity contribution >= 4 is 60.3 Å². The third-order valence-electron chi connectivity index (χ3n) is 2.79. The van der Waals surface area contributed by atoms with Crippen LogP contribution in [0.15, 0.2) is 44.6 Å². The van der Waals surface area contributed by atoms with Crippen molar-refractivity contribution < 1.29 is 25.9 Å². The van der Waals surface area contributed by atoms with Gasteiger partial charge < -0.3 is 0 Å². The molecule has 2 aromatic rings. The molecule has 0 unspecified atom stereocenters. The predicted octanol–water partition coefficient (Wildman–Crippen LogP) is 3.11. The Kier molecular flexibility index (Phi) is 4.54. The largest absolute Gasteiger partial charge is 0.295 e. The molecule has 0 aromatic heterocycles. The van der Waals surface area contributed by atoms with E-state index >= 15 is 0 Å². The zero-order valence-corrected chi connectivity index (χ0v) is 13.7. The van der Waals surface area contributed by atoms with Crippen molar-refractivity contribution in [3.8, 4) is 0 Å². The van der Waals surface area contributed by atoms with E-state index in [2.05, 4.69) is 0 Å². The van der Waals surface area contributed by atoms with Crippen LogP contribution >= 0.6 is 23.2 Å². The van der Waals surface area contributed by atoms with Gasteiger partial charge in [-0.3, -0.25) is 9.11 Å². The second-order valence-electron chi connectivity index (χ2n) is 4.22. The lowest BCUT2D eigenvalue weighted by Gasteiger charge is -2.12. The summed E-state index contributed by atoms with van der Waals surface area (Å²) in [5.74, 6) is 0. The van der Waals surface area contributed by atoms with E-state index in [9.17, 15) is 25.9 Å². The highest BCUT2D eigenvalue weighted by molar-refractivity contribution is 7.87. The zero-order valence-electron chi connectivity index (χ0n) is 10.6. The van der Waals surface area contributed by atoms with Crippen LogP contribution in [0.3, 0.4) is 0 Å². The molecule has 0 amide bonds. The molecule has 22 heavy (non-hydrogen) atoms. The zero-order chi connectivity index (χ0) is 16.7. The molecule has 10 heteroatoms. The van der Waals surface area contributed by atoms with E-state index in [4.69, 9.17) is 23.2 Å². The number of halogens is 2. The normalized spacial score (nSPS) is 12.4. The first kappa shape index (κ1) is 17.2. The Labute approximate surface area is 136 Å². The van der Waals surface area contributed by atoms with Crippen LogP contribution in [0.5, 0.6) is 0 Å². The van der Waals surface area contributed by atoms with Crippen molar-refractivity contribution in [3.05, 3.63) is 40.4 Å². The highest BCUT2D eigenvalue weighted by atomic mass is 35.5. The molecule has 0 aliphatic carbocycles. The first-order valence-corrected chi connectivity index (χ1v) is 9.19. The lowest BCUT2D eigenvalue weighted by Crippen LogP contribution is -2.08. The SMILES string of the molecule is O=S(=O)(O)c1cc2ccccc2c(S(=O)(=O)O)c1C=C(Cl)Cl. The van der Waals surface area contributed by atoms with Gasteiger partial charge in [0.15, 0.2) is 0 Å². The number of rotatable bonds is 3. The average molecular weight is 383 g/mol. The quantitative estimate of drug-likeness (QED) is 0.789. The lowest BCUT2D eigenvalue weighted by atomic mass is 10.1. The maximum absolute atomic E-state index is 11.7. The van der Waals surface area contributed by atoms with Crippen molar-refractivity contribution in [1.82, 2.24) is 0 Å². The second-order valence-corrected chi connectivity index (χ2v) is 7.98. The molecule has 0 spiro atoms. The summed E-state index contributed by atoms with van der Waals surface area (Å²) in [6.07, 6.45) is 0.821. The van der Waals surface area contributed by atoms with E-state index in [1.54, 1.807) is 0 Å². The maximum Gasteiger partial charge on any atom is 0.295 e. The number of fused-ring (bicyclic) bond motifs is 1. The molecule has 2 rings (SSSR count). The second kappa shape index (κ2) is 5.80. The summed E-state index contributed by atoms with van der Waals surface area (Å²) in [6, 6.07) is 6.88. The monoisotopic (exact) mass is 382 g/mol. The maximum atomic E-state index is 11.7. The van der Waals surface area contributed by atoms with E-state index in [-0.39, 0.29) is 10.8 Å². The van der Waals surface area contributed by atoms with Gasteiger partial charge in [0.1, 0.15) is 14.3 Å². The van der Waals surface area contributed by atoms with Crippen LogP contribution in [0, 0.1) is 0 Å². The van der Waals surface area contributed by atoms with Gasteiger partial charge in [0.2, 0.25) is 0 Å². The third-order valence-corrected chi connectivity index (χ3v) is 4.86. The Hall–Kier alpha value is -1.16. The smallest absolute Gasteiger partial charge is 0.282 e. The highest BCUT2D eigenvalue weighted by Crippen LogP contribution is 2.34. The molecule has 0 radical (unpaired) electrons. The fourth-order valence-electron chi connectivity index (χ4n) is 2.04. The van der Waals surface area contributed by atoms with Crippen molar-refractivity contribution in [2.45, 2.75) is 9.79 Å². The first-order valence-electron chi connectivity index (χ1n) is 5.55. The summed E-state index contributed by atoms with van der Waals surface area (Å²) in [5.41, 5.74) is -0.524. The van der Waals surface area contributed by atoms with Crippen LogP contribution in [-0.4, -0.2) is 25.9 Å². The van der Waals surface area contributed by atoms with Gasteiger partial charge in [0, 0.05) is 10.9 Å². The van der Waals surface area contributed by atoms with Crippen LogP contribution < -0.4 is 0 Å². The summed E-state index contributed by atoms with van der Waals surface area (Å²) in [7, 11) is -9.62. The van der Waals surface area contributed by atoms with E-state index in [1.165, 1.54) is 24.3 Å². The number of hydrogen-bond donors (Lipinski definition) is 2. The van der Waals surface area contributed by atoms with Crippen LogP contribution in [-0.2, 0) is 20.2 Å². The minimum atomic E-state index is -4.83. The van der Waals surface area contributed by atoms with Crippen LogP contribution in [0.2, 0.25) is 0 Å². The van der Waals surface area contributed by atoms with Gasteiger partial charge in [-0.25, -0.2) is 0 Å². The van der Waals surface area contributed by atoms with Gasteiger partial charge in [-0.15, -0.1) is 0 Å². The van der Waals surface area contributed by atoms with Crippen molar-refractivity contribution in [2.24, 2.45) is 0 Å². The van der Waals surface area contributed by atoms with Gasteiger partial charge >= 0.3 is 0 Å². The topological polar surface area (TPSA) is 109 Å². The van der Waals surface area contributed by atoms with Crippen LogP contribution in [0.1, 0.15) is 5.56 Å². The van der Waals surface area contributed by atoms with E-state index in [0.29, 0.717) is 0 Å². The molecule has 0 saturated heterocycles. The van der Waals surface area contributed by atoms with Crippen molar-refractivity contribution in [1.29, 1.82) is 0 Å². The van der Waals surface area contributed by atoms with Crippen LogP contribution in [0.4, 0.5) is 0 Å². The first-order chi connectivity index (χ1) is 10.0. The predicted molar refractivity (Wildman–Crippen MR) is 83.3 cm³/mol. The molecule has 0 atom stereocenters. The van der Waals surface area contributed by atoms with Crippen molar-refractivity contribution in [2.75, 3.05) is 0 Å². The van der Waals surface area contributed by atoms with E-state index < -0.39 is 40.1 Å². The molecule has 0 heterocycles. The molecular formula is C12H8Cl2O6S2. The minimum absolute atomic E-state index is 0.0539. The highest BCUT2D eigenvalue weighted by Gasteiger charge is 2.26. The summed E-state index contributed by atoms with van der Waals surface area (Å²) in [5, 5.41) is 0.240. The standard InChI is InChI=1S/C12H8Cl2O6S2/c13-11(14)6-9-10(21(15,16)17)5-7-3-1-2-4-8(7)12(9)22(18,19)20/h1-6H,(H,15,16,17)(H,18,19,20). The molecule has 0 aliphatic heterocycles. The summed E-state index contributed by atoms with van der Waals surface area (Å²) < 4.78 is 64.7. The van der Waals surface area contributed by atoms with Gasteiger partial charge in [-0.1, -0.05) is 47.5 Å². The number of benzene rings is 2. The van der Waals surface area contributed by atoms with Gasteiger partial charge in [0.05, 0.1) is 0 Å². The van der Waals surface area contributed by atoms with Gasteiger partial charge in [-0.05, 0) is 17.5 Å². The Morgan fingerprint density at radius 3 is 2.09 bits per heavy atom. The Bertz CT molecular complexity index is 990. The molecular weight excluding hydrogens is 375 g/mol. The Morgan fingerprint density at radius 1 is 1.00 bits per heavy atom. The fourth-order valence-corrected chi connectivity index (χ4v) is 3.95. The summed E-state index contributed by atoms with van der Waals surface area (Å²) in [4.78, 5) is -1.45. The minimum Gasteiger partial charge on any atom is -0.282 e. The molecule has 2 N–H and O–H groups in total. The average Bonchev–Trinajstić information content (AvgIpc) is 2.34. The molecule has 2 aromatic carbocycles. The van der Waals surface area contributed by atoms with Gasteiger partial charge in [0.25, 0.3) is 20.2 Å². The van der Waals surface area contributed by atoms with E-state index in [1.807, 2.05) is 0 Å². The lowest BCUT2D eigenvalue weighted by molar-refractivity contribution is 0.481. The molecule has 0 saturated carbocycles. The fraction of sp³-hybridized carbons (Fsp3) is 0. The van der Waals surface area contributed by atoms with Crippen molar-refractivity contribution in [3.63, 3.8) is 0 Å². The summed E-state index contributed by atoms with van der Waals surface area (Å²) >= 11 is 11.0. The molecule has 0 aliphatic rings. The van der Waals surface area contributed by atoms with Crippen LogP contribution in [0.25, 0.3) is 16.8 Å². The molecule has 0 bridgehead atoms. The molecule has 6 nitrogen and oxygen atoms in total. The third kappa shape index (κ3) is 3.43. The Balaban J connectivity index is 3.19. The van der Waals surface area contributed by atoms with E-state index in [0.717, 1.165) is 12.1 Å². The molecule has 118 valence electrons. The summed E-state index contributed by atoms with van der Waals surface area (Å²) in [6.45, 7) is 0. The molecule has 0 fully saturated rings.